The fourth-order valence-corrected chi connectivity index (χ4v) is 2.26. The summed E-state index contributed by atoms with van der Waals surface area (Å²) in [6.45, 7) is 10.2. The minimum atomic E-state index is 0.470. The Bertz CT molecular complexity index is 297. The highest BCUT2D eigenvalue weighted by Gasteiger charge is 2.23. The molecular formula is C15H26N2. The van der Waals surface area contributed by atoms with Crippen LogP contribution in [0.3, 0.4) is 0 Å². The van der Waals surface area contributed by atoms with E-state index in [4.69, 9.17) is 0 Å². The smallest absolute Gasteiger partial charge is 0.0447 e. The summed E-state index contributed by atoms with van der Waals surface area (Å²) in [6, 6.07) is 6.71. The quantitative estimate of drug-likeness (QED) is 0.779. The van der Waals surface area contributed by atoms with E-state index in [1.54, 1.807) is 0 Å². The first kappa shape index (κ1) is 14.2. The zero-order valence-corrected chi connectivity index (χ0v) is 11.6. The van der Waals surface area contributed by atoms with Crippen LogP contribution in [-0.2, 0) is 0 Å². The van der Waals surface area contributed by atoms with Crippen LogP contribution in [0.15, 0.2) is 24.4 Å². The molecule has 0 radical (unpaired) electrons. The fourth-order valence-electron chi connectivity index (χ4n) is 2.26. The molecule has 0 amide bonds. The first-order chi connectivity index (χ1) is 8.20. The summed E-state index contributed by atoms with van der Waals surface area (Å²) in [7, 11) is 0. The summed E-state index contributed by atoms with van der Waals surface area (Å²) in [5.74, 6) is 1.15. The highest BCUT2D eigenvalue weighted by Crippen LogP contribution is 2.24. The molecule has 0 aliphatic carbocycles. The molecule has 0 spiro atoms. The van der Waals surface area contributed by atoms with Crippen LogP contribution in [0, 0.1) is 5.92 Å². The average molecular weight is 234 g/mol. The standard InChI is InChI=1S/C15H26N2/c1-5-10-17-15(12(3)6-2)13(4)14-9-7-8-11-16-14/h7-9,11-13,15,17H,5-6,10H2,1-4H3. The van der Waals surface area contributed by atoms with Crippen molar-refractivity contribution in [3.05, 3.63) is 30.1 Å². The van der Waals surface area contributed by atoms with Crippen LogP contribution in [0.1, 0.15) is 52.1 Å². The van der Waals surface area contributed by atoms with Gasteiger partial charge in [0.25, 0.3) is 0 Å². The van der Waals surface area contributed by atoms with E-state index in [9.17, 15) is 0 Å². The number of rotatable bonds is 7. The Kier molecular flexibility index (Phi) is 6.20. The van der Waals surface area contributed by atoms with Crippen LogP contribution in [-0.4, -0.2) is 17.6 Å². The second-order valence-corrected chi connectivity index (χ2v) is 4.91. The lowest BCUT2D eigenvalue weighted by molar-refractivity contribution is 0.324. The van der Waals surface area contributed by atoms with Gasteiger partial charge in [0, 0.05) is 23.9 Å². The largest absolute Gasteiger partial charge is 0.313 e. The Morgan fingerprint density at radius 1 is 1.24 bits per heavy atom. The van der Waals surface area contributed by atoms with Gasteiger partial charge in [-0.15, -0.1) is 0 Å². The molecule has 1 rings (SSSR count). The lowest BCUT2D eigenvalue weighted by Crippen LogP contribution is -2.39. The molecule has 3 atom stereocenters. The van der Waals surface area contributed by atoms with E-state index in [0.29, 0.717) is 17.9 Å². The van der Waals surface area contributed by atoms with Gasteiger partial charge in [0.2, 0.25) is 0 Å². The van der Waals surface area contributed by atoms with Crippen molar-refractivity contribution in [1.82, 2.24) is 10.3 Å². The van der Waals surface area contributed by atoms with Gasteiger partial charge in [-0.05, 0) is 31.0 Å². The van der Waals surface area contributed by atoms with Gasteiger partial charge in [-0.2, -0.15) is 0 Å². The molecule has 1 aromatic rings. The molecule has 0 aliphatic rings. The molecule has 17 heavy (non-hydrogen) atoms. The van der Waals surface area contributed by atoms with Crippen molar-refractivity contribution in [1.29, 1.82) is 0 Å². The molecule has 0 fully saturated rings. The van der Waals surface area contributed by atoms with Crippen LogP contribution < -0.4 is 5.32 Å². The van der Waals surface area contributed by atoms with Gasteiger partial charge in [-0.3, -0.25) is 4.98 Å². The van der Waals surface area contributed by atoms with Gasteiger partial charge in [-0.25, -0.2) is 0 Å². The third-order valence-corrected chi connectivity index (χ3v) is 3.58. The summed E-state index contributed by atoms with van der Waals surface area (Å²) < 4.78 is 0. The topological polar surface area (TPSA) is 24.9 Å². The van der Waals surface area contributed by atoms with Crippen molar-refractivity contribution in [3.8, 4) is 0 Å². The van der Waals surface area contributed by atoms with E-state index in [1.807, 2.05) is 12.3 Å². The highest BCUT2D eigenvalue weighted by molar-refractivity contribution is 5.11. The lowest BCUT2D eigenvalue weighted by atomic mass is 9.86. The molecule has 1 aromatic heterocycles. The predicted octanol–water partition coefficient (Wildman–Crippen LogP) is 3.60. The van der Waals surface area contributed by atoms with Crippen LogP contribution >= 0.6 is 0 Å². The molecule has 0 saturated carbocycles. The van der Waals surface area contributed by atoms with E-state index >= 15 is 0 Å². The van der Waals surface area contributed by atoms with Crippen LogP contribution in [0.5, 0.6) is 0 Å². The molecule has 3 unspecified atom stereocenters. The lowest BCUT2D eigenvalue weighted by Gasteiger charge is -2.30. The van der Waals surface area contributed by atoms with E-state index in [2.05, 4.69) is 50.1 Å². The maximum atomic E-state index is 4.48. The van der Waals surface area contributed by atoms with Crippen LogP contribution in [0.2, 0.25) is 0 Å². The molecule has 0 aliphatic heterocycles. The zero-order valence-electron chi connectivity index (χ0n) is 11.6. The summed E-state index contributed by atoms with van der Waals surface area (Å²) >= 11 is 0. The monoisotopic (exact) mass is 234 g/mol. The highest BCUT2D eigenvalue weighted by atomic mass is 14.9. The molecule has 96 valence electrons. The van der Waals surface area contributed by atoms with Crippen LogP contribution in [0.4, 0.5) is 0 Å². The van der Waals surface area contributed by atoms with Crippen LogP contribution in [0.25, 0.3) is 0 Å². The molecule has 1 heterocycles. The van der Waals surface area contributed by atoms with Gasteiger partial charge in [0.1, 0.15) is 0 Å². The van der Waals surface area contributed by atoms with Crippen molar-refractivity contribution < 1.29 is 0 Å². The van der Waals surface area contributed by atoms with E-state index in [-0.39, 0.29) is 0 Å². The maximum absolute atomic E-state index is 4.48. The van der Waals surface area contributed by atoms with Gasteiger partial charge < -0.3 is 5.32 Å². The number of hydrogen-bond acceptors (Lipinski definition) is 2. The van der Waals surface area contributed by atoms with E-state index in [0.717, 1.165) is 6.54 Å². The Balaban J connectivity index is 2.75. The number of aromatic nitrogens is 1. The Hall–Kier alpha value is -0.890. The van der Waals surface area contributed by atoms with Gasteiger partial charge >= 0.3 is 0 Å². The van der Waals surface area contributed by atoms with Crippen molar-refractivity contribution in [3.63, 3.8) is 0 Å². The summed E-state index contributed by atoms with van der Waals surface area (Å²) in [6.07, 6.45) is 4.28. The predicted molar refractivity (Wildman–Crippen MR) is 74.2 cm³/mol. The third kappa shape index (κ3) is 4.12. The normalized spacial score (nSPS) is 16.5. The molecular weight excluding hydrogens is 208 g/mol. The molecule has 0 aromatic carbocycles. The summed E-state index contributed by atoms with van der Waals surface area (Å²) in [4.78, 5) is 4.48. The van der Waals surface area contributed by atoms with Gasteiger partial charge in [0.05, 0.1) is 0 Å². The Morgan fingerprint density at radius 3 is 2.53 bits per heavy atom. The third-order valence-electron chi connectivity index (χ3n) is 3.58. The van der Waals surface area contributed by atoms with Gasteiger partial charge in [0.15, 0.2) is 0 Å². The molecule has 2 heteroatoms. The molecule has 0 saturated heterocycles. The Labute approximate surface area is 106 Å². The van der Waals surface area contributed by atoms with Crippen molar-refractivity contribution in [2.24, 2.45) is 5.92 Å². The first-order valence-electron chi connectivity index (χ1n) is 6.85. The number of nitrogens with one attached hydrogen (secondary N) is 1. The number of pyridine rings is 1. The van der Waals surface area contributed by atoms with E-state index in [1.165, 1.54) is 18.5 Å². The van der Waals surface area contributed by atoms with Crippen molar-refractivity contribution in [2.75, 3.05) is 6.54 Å². The van der Waals surface area contributed by atoms with Crippen molar-refractivity contribution >= 4 is 0 Å². The van der Waals surface area contributed by atoms with Crippen molar-refractivity contribution in [2.45, 2.75) is 52.5 Å². The molecule has 2 nitrogen and oxygen atoms in total. The second-order valence-electron chi connectivity index (χ2n) is 4.91. The Morgan fingerprint density at radius 2 is 2.00 bits per heavy atom. The minimum Gasteiger partial charge on any atom is -0.313 e. The fraction of sp³-hybridized carbons (Fsp3) is 0.667. The minimum absolute atomic E-state index is 0.470. The molecule has 1 N–H and O–H groups in total. The number of hydrogen-bond donors (Lipinski definition) is 1. The maximum Gasteiger partial charge on any atom is 0.0447 e. The summed E-state index contributed by atoms with van der Waals surface area (Å²) in [5, 5.41) is 3.68. The van der Waals surface area contributed by atoms with Gasteiger partial charge in [-0.1, -0.05) is 40.2 Å². The SMILES string of the molecule is CCCNC(C(C)CC)C(C)c1ccccn1. The molecule has 0 bridgehead atoms. The second kappa shape index (κ2) is 7.44. The first-order valence-corrected chi connectivity index (χ1v) is 6.85. The van der Waals surface area contributed by atoms with E-state index < -0.39 is 0 Å². The summed E-state index contributed by atoms with van der Waals surface area (Å²) in [5.41, 5.74) is 1.20. The average Bonchev–Trinajstić information content (AvgIpc) is 2.39. The zero-order chi connectivity index (χ0) is 12.7. The number of nitrogens with zero attached hydrogens (tertiary/aromatic N) is 1.